The second-order valence-corrected chi connectivity index (χ2v) is 7.26. The van der Waals surface area contributed by atoms with Crippen LogP contribution in [0.5, 0.6) is 0 Å². The van der Waals surface area contributed by atoms with Gasteiger partial charge < -0.3 is 5.32 Å². The van der Waals surface area contributed by atoms with E-state index in [2.05, 4.69) is 10.3 Å². The summed E-state index contributed by atoms with van der Waals surface area (Å²) in [6, 6.07) is 11.0. The van der Waals surface area contributed by atoms with E-state index in [1.165, 1.54) is 29.5 Å². The lowest BCUT2D eigenvalue weighted by atomic mass is 10.3. The van der Waals surface area contributed by atoms with Gasteiger partial charge in [-0.05, 0) is 48.6 Å². The van der Waals surface area contributed by atoms with Crippen molar-refractivity contribution < 1.29 is 13.6 Å². The van der Waals surface area contributed by atoms with E-state index in [9.17, 15) is 13.6 Å². The first-order valence-corrected chi connectivity index (χ1v) is 9.15. The van der Waals surface area contributed by atoms with Gasteiger partial charge in [-0.1, -0.05) is 17.4 Å². The van der Waals surface area contributed by atoms with Crippen molar-refractivity contribution in [2.75, 3.05) is 11.1 Å². The molecule has 124 valence electrons. The molecule has 3 nitrogen and oxygen atoms in total. The highest BCUT2D eigenvalue weighted by molar-refractivity contribution is 7.99. The Kier molecular flexibility index (Phi) is 5.42. The van der Waals surface area contributed by atoms with E-state index in [0.29, 0.717) is 22.7 Å². The Hall–Kier alpha value is -1.99. The number of nitrogens with zero attached hydrogens (tertiary/aromatic N) is 1. The molecule has 1 heterocycles. The lowest BCUT2D eigenvalue weighted by Crippen LogP contribution is -2.11. The standard InChI is InChI=1S/C17H14F2N2OS2/c18-11-6-8-12(9-7-11)23-10-2-5-15(22)20-17-21-16-13(19)3-1-4-14(16)24-17/h1,3-4,6-9H,2,5,10H2,(H,20,21,22). The van der Waals surface area contributed by atoms with Crippen LogP contribution in [0, 0.1) is 11.6 Å². The van der Waals surface area contributed by atoms with Gasteiger partial charge in [0.15, 0.2) is 5.13 Å². The summed E-state index contributed by atoms with van der Waals surface area (Å²) in [4.78, 5) is 17.0. The summed E-state index contributed by atoms with van der Waals surface area (Å²) in [7, 11) is 0. The normalized spacial score (nSPS) is 10.9. The smallest absolute Gasteiger partial charge is 0.226 e. The second-order valence-electron chi connectivity index (χ2n) is 5.06. The second kappa shape index (κ2) is 7.72. The Morgan fingerprint density at radius 1 is 1.17 bits per heavy atom. The minimum absolute atomic E-state index is 0.144. The third kappa shape index (κ3) is 4.30. The lowest BCUT2D eigenvalue weighted by Gasteiger charge is -2.02. The molecule has 0 aliphatic carbocycles. The maximum atomic E-state index is 13.6. The number of rotatable bonds is 6. The zero-order chi connectivity index (χ0) is 16.9. The monoisotopic (exact) mass is 364 g/mol. The fourth-order valence-corrected chi connectivity index (χ4v) is 3.85. The number of aromatic nitrogens is 1. The summed E-state index contributed by atoms with van der Waals surface area (Å²) in [6.07, 6.45) is 1.04. The molecule has 0 bridgehead atoms. The van der Waals surface area contributed by atoms with Crippen LogP contribution in [0.25, 0.3) is 10.2 Å². The van der Waals surface area contributed by atoms with E-state index in [-0.39, 0.29) is 23.1 Å². The van der Waals surface area contributed by atoms with Crippen LogP contribution in [0.2, 0.25) is 0 Å². The van der Waals surface area contributed by atoms with Crippen molar-refractivity contribution >= 4 is 44.4 Å². The number of thioether (sulfide) groups is 1. The minimum Gasteiger partial charge on any atom is -0.302 e. The molecule has 0 unspecified atom stereocenters. The summed E-state index contributed by atoms with van der Waals surface area (Å²) < 4.78 is 27.1. The van der Waals surface area contributed by atoms with E-state index in [1.807, 2.05) is 0 Å². The van der Waals surface area contributed by atoms with E-state index in [4.69, 9.17) is 0 Å². The molecule has 0 radical (unpaired) electrons. The Labute approximate surface area is 146 Å². The summed E-state index contributed by atoms with van der Waals surface area (Å²) in [5.41, 5.74) is 0.282. The third-order valence-electron chi connectivity index (χ3n) is 3.25. The topological polar surface area (TPSA) is 42.0 Å². The van der Waals surface area contributed by atoms with Crippen LogP contribution in [0.3, 0.4) is 0 Å². The SMILES string of the molecule is O=C(CCCSc1ccc(F)cc1)Nc1nc2c(F)cccc2s1. The van der Waals surface area contributed by atoms with Crippen molar-refractivity contribution in [3.8, 4) is 0 Å². The highest BCUT2D eigenvalue weighted by Gasteiger charge is 2.10. The van der Waals surface area contributed by atoms with Crippen molar-refractivity contribution in [2.45, 2.75) is 17.7 Å². The first kappa shape index (κ1) is 16.9. The van der Waals surface area contributed by atoms with Crippen molar-refractivity contribution in [2.24, 2.45) is 0 Å². The van der Waals surface area contributed by atoms with Gasteiger partial charge in [-0.25, -0.2) is 13.8 Å². The average Bonchev–Trinajstić information content (AvgIpc) is 2.97. The van der Waals surface area contributed by atoms with Crippen LogP contribution < -0.4 is 5.32 Å². The number of carbonyl (C=O) groups excluding carboxylic acids is 1. The molecule has 2 aromatic carbocycles. The Balaban J connectivity index is 1.46. The number of thiazole rings is 1. The van der Waals surface area contributed by atoms with Crippen molar-refractivity contribution in [1.29, 1.82) is 0 Å². The van der Waals surface area contributed by atoms with Gasteiger partial charge in [0.2, 0.25) is 5.91 Å². The molecule has 0 saturated carbocycles. The van der Waals surface area contributed by atoms with Gasteiger partial charge in [-0.3, -0.25) is 4.79 Å². The molecular weight excluding hydrogens is 350 g/mol. The predicted molar refractivity (Wildman–Crippen MR) is 94.6 cm³/mol. The number of halogens is 2. The first-order valence-electron chi connectivity index (χ1n) is 7.35. The molecule has 0 atom stereocenters. The maximum absolute atomic E-state index is 13.6. The summed E-state index contributed by atoms with van der Waals surface area (Å²) >= 11 is 2.83. The van der Waals surface area contributed by atoms with Crippen molar-refractivity contribution in [3.63, 3.8) is 0 Å². The molecule has 0 fully saturated rings. The summed E-state index contributed by atoms with van der Waals surface area (Å²) in [5, 5.41) is 3.12. The first-order chi connectivity index (χ1) is 11.6. The number of carbonyl (C=O) groups is 1. The number of benzene rings is 2. The number of amides is 1. The summed E-state index contributed by atoms with van der Waals surface area (Å²) in [6.45, 7) is 0. The highest BCUT2D eigenvalue weighted by atomic mass is 32.2. The van der Waals surface area contributed by atoms with Gasteiger partial charge in [0, 0.05) is 11.3 Å². The Bertz CT molecular complexity index is 849. The fourth-order valence-electron chi connectivity index (χ4n) is 2.10. The molecule has 24 heavy (non-hydrogen) atoms. The van der Waals surface area contributed by atoms with Crippen LogP contribution in [-0.4, -0.2) is 16.6 Å². The van der Waals surface area contributed by atoms with Crippen LogP contribution in [0.15, 0.2) is 47.4 Å². The van der Waals surface area contributed by atoms with E-state index < -0.39 is 0 Å². The van der Waals surface area contributed by atoms with Crippen molar-refractivity contribution in [1.82, 2.24) is 4.98 Å². The Morgan fingerprint density at radius 3 is 2.71 bits per heavy atom. The third-order valence-corrected chi connectivity index (χ3v) is 5.28. The maximum Gasteiger partial charge on any atom is 0.226 e. The van der Waals surface area contributed by atoms with Gasteiger partial charge in [-0.2, -0.15) is 0 Å². The molecule has 0 aliphatic heterocycles. The van der Waals surface area contributed by atoms with Gasteiger partial charge in [0.25, 0.3) is 0 Å². The number of para-hydroxylation sites is 1. The fraction of sp³-hybridized carbons (Fsp3) is 0.176. The largest absolute Gasteiger partial charge is 0.302 e. The molecule has 3 rings (SSSR count). The predicted octanol–water partition coefficient (Wildman–Crippen LogP) is 5.09. The van der Waals surface area contributed by atoms with Gasteiger partial charge in [0.1, 0.15) is 17.2 Å². The molecule has 0 saturated heterocycles. The van der Waals surface area contributed by atoms with E-state index in [0.717, 1.165) is 10.6 Å². The summed E-state index contributed by atoms with van der Waals surface area (Å²) in [5.74, 6) is -0.0341. The molecule has 0 spiro atoms. The zero-order valence-corrected chi connectivity index (χ0v) is 14.2. The number of anilines is 1. The van der Waals surface area contributed by atoms with Crippen molar-refractivity contribution in [3.05, 3.63) is 54.1 Å². The molecule has 7 heteroatoms. The zero-order valence-electron chi connectivity index (χ0n) is 12.6. The highest BCUT2D eigenvalue weighted by Crippen LogP contribution is 2.27. The molecule has 3 aromatic rings. The van der Waals surface area contributed by atoms with Gasteiger partial charge in [0.05, 0.1) is 4.70 Å². The van der Waals surface area contributed by atoms with Gasteiger partial charge >= 0.3 is 0 Å². The van der Waals surface area contributed by atoms with E-state index in [1.54, 1.807) is 36.0 Å². The number of nitrogens with one attached hydrogen (secondary N) is 1. The Morgan fingerprint density at radius 2 is 1.96 bits per heavy atom. The van der Waals surface area contributed by atoms with Gasteiger partial charge in [-0.15, -0.1) is 11.8 Å². The van der Waals surface area contributed by atoms with Crippen LogP contribution in [-0.2, 0) is 4.79 Å². The molecule has 1 aromatic heterocycles. The lowest BCUT2D eigenvalue weighted by molar-refractivity contribution is -0.116. The molecular formula is C17H14F2N2OS2. The van der Waals surface area contributed by atoms with Crippen LogP contribution in [0.1, 0.15) is 12.8 Å². The molecule has 0 aliphatic rings. The molecule has 1 amide bonds. The average molecular weight is 364 g/mol. The molecule has 1 N–H and O–H groups in total. The van der Waals surface area contributed by atoms with Crippen LogP contribution in [0.4, 0.5) is 13.9 Å². The van der Waals surface area contributed by atoms with Crippen LogP contribution >= 0.6 is 23.1 Å². The number of hydrogen-bond acceptors (Lipinski definition) is 4. The number of fused-ring (bicyclic) bond motifs is 1. The minimum atomic E-state index is -0.389. The number of hydrogen-bond donors (Lipinski definition) is 1. The van der Waals surface area contributed by atoms with E-state index >= 15 is 0 Å². The quantitative estimate of drug-likeness (QED) is 0.490.